The van der Waals surface area contributed by atoms with Crippen LogP contribution in [0.4, 0.5) is 15.8 Å². The SMILES string of the molecule is CCOCCN(C)CC(=O)Nc1cc(N)ccc1F. The van der Waals surface area contributed by atoms with Gasteiger partial charge in [-0.15, -0.1) is 0 Å². The van der Waals surface area contributed by atoms with Gasteiger partial charge in [-0.2, -0.15) is 0 Å². The van der Waals surface area contributed by atoms with Gasteiger partial charge in [0, 0.05) is 18.8 Å². The summed E-state index contributed by atoms with van der Waals surface area (Å²) in [6.45, 7) is 3.93. The zero-order valence-electron chi connectivity index (χ0n) is 11.3. The maximum Gasteiger partial charge on any atom is 0.238 e. The number of nitrogen functional groups attached to an aromatic ring is 1. The molecule has 0 radical (unpaired) electrons. The van der Waals surface area contributed by atoms with Crippen molar-refractivity contribution in [1.82, 2.24) is 4.90 Å². The van der Waals surface area contributed by atoms with Crippen LogP contribution in [-0.2, 0) is 9.53 Å². The van der Waals surface area contributed by atoms with Crippen LogP contribution in [0.25, 0.3) is 0 Å². The summed E-state index contributed by atoms with van der Waals surface area (Å²) in [5.41, 5.74) is 6.04. The lowest BCUT2D eigenvalue weighted by Crippen LogP contribution is -2.32. The average molecular weight is 269 g/mol. The number of benzene rings is 1. The number of amides is 1. The van der Waals surface area contributed by atoms with E-state index in [0.717, 1.165) is 0 Å². The van der Waals surface area contributed by atoms with Crippen molar-refractivity contribution >= 4 is 17.3 Å². The smallest absolute Gasteiger partial charge is 0.238 e. The van der Waals surface area contributed by atoms with E-state index in [1.165, 1.54) is 18.2 Å². The van der Waals surface area contributed by atoms with Crippen LogP contribution in [0, 0.1) is 5.82 Å². The van der Waals surface area contributed by atoms with Crippen LogP contribution in [0.1, 0.15) is 6.92 Å². The first kappa shape index (κ1) is 15.4. The Morgan fingerprint density at radius 3 is 2.95 bits per heavy atom. The number of ether oxygens (including phenoxy) is 1. The summed E-state index contributed by atoms with van der Waals surface area (Å²) in [4.78, 5) is 13.5. The zero-order valence-corrected chi connectivity index (χ0v) is 11.3. The second-order valence-electron chi connectivity index (χ2n) is 4.22. The van der Waals surface area contributed by atoms with Gasteiger partial charge in [-0.25, -0.2) is 4.39 Å². The predicted octanol–water partition coefficient (Wildman–Crippen LogP) is 1.31. The fraction of sp³-hybridized carbons (Fsp3) is 0.462. The van der Waals surface area contributed by atoms with Crippen LogP contribution in [-0.4, -0.2) is 44.2 Å². The Balaban J connectivity index is 2.44. The number of halogens is 1. The maximum absolute atomic E-state index is 13.4. The van der Waals surface area contributed by atoms with Gasteiger partial charge >= 0.3 is 0 Å². The van der Waals surface area contributed by atoms with Crippen molar-refractivity contribution in [3.8, 4) is 0 Å². The molecular formula is C13H20FN3O2. The summed E-state index contributed by atoms with van der Waals surface area (Å²) in [5.74, 6) is -0.789. The van der Waals surface area contributed by atoms with Gasteiger partial charge in [-0.1, -0.05) is 0 Å². The van der Waals surface area contributed by atoms with E-state index in [1.54, 1.807) is 11.9 Å². The normalized spacial score (nSPS) is 10.7. The third-order valence-corrected chi connectivity index (χ3v) is 2.50. The van der Waals surface area contributed by atoms with Gasteiger partial charge in [-0.05, 0) is 32.2 Å². The van der Waals surface area contributed by atoms with E-state index in [0.29, 0.717) is 25.4 Å². The Morgan fingerprint density at radius 1 is 1.53 bits per heavy atom. The lowest BCUT2D eigenvalue weighted by molar-refractivity contribution is -0.117. The third-order valence-electron chi connectivity index (χ3n) is 2.50. The highest BCUT2D eigenvalue weighted by Crippen LogP contribution is 2.17. The molecule has 106 valence electrons. The molecule has 0 aliphatic carbocycles. The van der Waals surface area contributed by atoms with Crippen LogP contribution < -0.4 is 11.1 Å². The van der Waals surface area contributed by atoms with Gasteiger partial charge in [0.2, 0.25) is 5.91 Å². The van der Waals surface area contributed by atoms with Crippen molar-refractivity contribution < 1.29 is 13.9 Å². The standard InChI is InChI=1S/C13H20FN3O2/c1-3-19-7-6-17(2)9-13(18)16-12-8-10(15)4-5-11(12)14/h4-5,8H,3,6-7,9,15H2,1-2H3,(H,16,18). The van der Waals surface area contributed by atoms with Gasteiger partial charge in [0.1, 0.15) is 5.82 Å². The number of carbonyl (C=O) groups excluding carboxylic acids is 1. The van der Waals surface area contributed by atoms with E-state index in [-0.39, 0.29) is 18.1 Å². The molecular weight excluding hydrogens is 249 g/mol. The van der Waals surface area contributed by atoms with E-state index in [4.69, 9.17) is 10.5 Å². The summed E-state index contributed by atoms with van der Waals surface area (Å²) < 4.78 is 18.6. The van der Waals surface area contributed by atoms with Crippen molar-refractivity contribution in [3.05, 3.63) is 24.0 Å². The van der Waals surface area contributed by atoms with Crippen molar-refractivity contribution in [3.63, 3.8) is 0 Å². The molecule has 1 rings (SSSR count). The first-order valence-electron chi connectivity index (χ1n) is 6.14. The highest BCUT2D eigenvalue weighted by Gasteiger charge is 2.09. The van der Waals surface area contributed by atoms with Gasteiger partial charge in [0.25, 0.3) is 0 Å². The Bertz CT molecular complexity index is 426. The van der Waals surface area contributed by atoms with Gasteiger partial charge in [0.15, 0.2) is 0 Å². The molecule has 0 heterocycles. The topological polar surface area (TPSA) is 67.6 Å². The van der Waals surface area contributed by atoms with E-state index < -0.39 is 5.82 Å². The van der Waals surface area contributed by atoms with Gasteiger partial charge in [-0.3, -0.25) is 9.69 Å². The Morgan fingerprint density at radius 2 is 2.26 bits per heavy atom. The molecule has 0 spiro atoms. The number of hydrogen-bond acceptors (Lipinski definition) is 4. The Hall–Kier alpha value is -1.66. The lowest BCUT2D eigenvalue weighted by atomic mass is 10.2. The predicted molar refractivity (Wildman–Crippen MR) is 73.4 cm³/mol. The second-order valence-corrected chi connectivity index (χ2v) is 4.22. The van der Waals surface area contributed by atoms with Crippen LogP contribution in [0.15, 0.2) is 18.2 Å². The summed E-state index contributed by atoms with van der Waals surface area (Å²) >= 11 is 0. The first-order chi connectivity index (χ1) is 9.02. The summed E-state index contributed by atoms with van der Waals surface area (Å²) in [5, 5.41) is 2.50. The zero-order chi connectivity index (χ0) is 14.3. The fourth-order valence-corrected chi connectivity index (χ4v) is 1.52. The van der Waals surface area contributed by atoms with Crippen molar-refractivity contribution in [2.24, 2.45) is 0 Å². The third kappa shape index (κ3) is 5.67. The largest absolute Gasteiger partial charge is 0.399 e. The average Bonchev–Trinajstić information content (AvgIpc) is 2.34. The lowest BCUT2D eigenvalue weighted by Gasteiger charge is -2.16. The molecule has 1 amide bonds. The van der Waals surface area contributed by atoms with Crippen molar-refractivity contribution in [2.75, 3.05) is 44.4 Å². The first-order valence-corrected chi connectivity index (χ1v) is 6.14. The number of likely N-dealkylation sites (N-methyl/N-ethyl adjacent to an activating group) is 1. The molecule has 0 atom stereocenters. The molecule has 0 aliphatic heterocycles. The number of rotatable bonds is 7. The molecule has 5 nitrogen and oxygen atoms in total. The van der Waals surface area contributed by atoms with Gasteiger partial charge in [0.05, 0.1) is 18.8 Å². The molecule has 0 bridgehead atoms. The molecule has 3 N–H and O–H groups in total. The highest BCUT2D eigenvalue weighted by atomic mass is 19.1. The minimum atomic E-state index is -0.500. The quantitative estimate of drug-likeness (QED) is 0.578. The van der Waals surface area contributed by atoms with Crippen molar-refractivity contribution in [2.45, 2.75) is 6.92 Å². The highest BCUT2D eigenvalue weighted by molar-refractivity contribution is 5.92. The van der Waals surface area contributed by atoms with Crippen LogP contribution in [0.2, 0.25) is 0 Å². The Kier molecular flexibility index (Phi) is 6.24. The van der Waals surface area contributed by atoms with E-state index in [2.05, 4.69) is 5.32 Å². The van der Waals surface area contributed by atoms with Crippen LogP contribution in [0.5, 0.6) is 0 Å². The van der Waals surface area contributed by atoms with E-state index >= 15 is 0 Å². The minimum absolute atomic E-state index is 0.100. The number of carbonyl (C=O) groups is 1. The fourth-order valence-electron chi connectivity index (χ4n) is 1.52. The van der Waals surface area contributed by atoms with E-state index in [9.17, 15) is 9.18 Å². The second kappa shape index (κ2) is 7.70. The van der Waals surface area contributed by atoms with E-state index in [1.807, 2.05) is 6.92 Å². The molecule has 0 aliphatic rings. The molecule has 0 fully saturated rings. The van der Waals surface area contributed by atoms with Gasteiger partial charge < -0.3 is 15.8 Å². The molecule has 0 saturated heterocycles. The molecule has 0 saturated carbocycles. The molecule has 1 aromatic carbocycles. The minimum Gasteiger partial charge on any atom is -0.399 e. The van der Waals surface area contributed by atoms with Crippen LogP contribution in [0.3, 0.4) is 0 Å². The number of nitrogens with one attached hydrogen (secondary N) is 1. The number of nitrogens with zero attached hydrogens (tertiary/aromatic N) is 1. The number of nitrogens with two attached hydrogens (primary N) is 1. The molecule has 19 heavy (non-hydrogen) atoms. The summed E-state index contributed by atoms with van der Waals surface area (Å²) in [6, 6.07) is 4.07. The molecule has 0 unspecified atom stereocenters. The number of anilines is 2. The van der Waals surface area contributed by atoms with Crippen LogP contribution >= 0.6 is 0 Å². The van der Waals surface area contributed by atoms with Crippen molar-refractivity contribution in [1.29, 1.82) is 0 Å². The summed E-state index contributed by atoms with van der Waals surface area (Å²) in [6.07, 6.45) is 0. The number of hydrogen-bond donors (Lipinski definition) is 2. The monoisotopic (exact) mass is 269 g/mol. The summed E-state index contributed by atoms with van der Waals surface area (Å²) in [7, 11) is 1.80. The molecule has 0 aromatic heterocycles. The molecule has 1 aromatic rings. The molecule has 6 heteroatoms. The maximum atomic E-state index is 13.4. The Labute approximate surface area is 112 Å².